The average Bonchev–Trinajstić information content (AvgIpc) is 2.29. The Balaban J connectivity index is 2.22. The zero-order valence-electron chi connectivity index (χ0n) is 11.0. The summed E-state index contributed by atoms with van der Waals surface area (Å²) in [6.07, 6.45) is 0. The van der Waals surface area contributed by atoms with Gasteiger partial charge in [0.05, 0.1) is 12.6 Å². The smallest absolute Gasteiger partial charge is 0.0678 e. The van der Waals surface area contributed by atoms with Gasteiger partial charge in [-0.2, -0.15) is 0 Å². The summed E-state index contributed by atoms with van der Waals surface area (Å²) in [6.45, 7) is 8.19. The van der Waals surface area contributed by atoms with Crippen LogP contribution < -0.4 is 10.2 Å². The SMILES string of the molecule is COCC1CNCCN1c1cc(C)cc(C)c1. The van der Waals surface area contributed by atoms with E-state index in [0.29, 0.717) is 6.04 Å². The summed E-state index contributed by atoms with van der Waals surface area (Å²) in [5, 5.41) is 3.43. The van der Waals surface area contributed by atoms with Crippen molar-refractivity contribution in [3.8, 4) is 0 Å². The van der Waals surface area contributed by atoms with E-state index in [1.165, 1.54) is 16.8 Å². The van der Waals surface area contributed by atoms with Gasteiger partial charge in [-0.1, -0.05) is 6.07 Å². The first-order valence-corrected chi connectivity index (χ1v) is 6.25. The number of hydrogen-bond donors (Lipinski definition) is 1. The number of piperazine rings is 1. The van der Waals surface area contributed by atoms with Gasteiger partial charge in [0.15, 0.2) is 0 Å². The number of nitrogens with one attached hydrogen (secondary N) is 1. The molecule has 1 heterocycles. The third-order valence-electron chi connectivity index (χ3n) is 3.25. The van der Waals surface area contributed by atoms with E-state index in [1.807, 2.05) is 0 Å². The molecule has 94 valence electrons. The lowest BCUT2D eigenvalue weighted by Gasteiger charge is -2.38. The van der Waals surface area contributed by atoms with Gasteiger partial charge in [0.2, 0.25) is 0 Å². The molecular weight excluding hydrogens is 212 g/mol. The van der Waals surface area contributed by atoms with E-state index in [0.717, 1.165) is 26.2 Å². The summed E-state index contributed by atoms with van der Waals surface area (Å²) in [4.78, 5) is 2.46. The first kappa shape index (κ1) is 12.4. The topological polar surface area (TPSA) is 24.5 Å². The summed E-state index contributed by atoms with van der Waals surface area (Å²) < 4.78 is 5.31. The van der Waals surface area contributed by atoms with E-state index in [4.69, 9.17) is 4.74 Å². The van der Waals surface area contributed by atoms with Crippen LogP contribution in [0.25, 0.3) is 0 Å². The van der Waals surface area contributed by atoms with Crippen LogP contribution in [-0.4, -0.2) is 39.4 Å². The number of aryl methyl sites for hydroxylation is 2. The highest BCUT2D eigenvalue weighted by Crippen LogP contribution is 2.21. The lowest BCUT2D eigenvalue weighted by molar-refractivity contribution is 0.170. The highest BCUT2D eigenvalue weighted by molar-refractivity contribution is 5.52. The van der Waals surface area contributed by atoms with E-state index in [9.17, 15) is 0 Å². The number of rotatable bonds is 3. The zero-order chi connectivity index (χ0) is 12.3. The molecule has 0 aliphatic carbocycles. The second-order valence-corrected chi connectivity index (χ2v) is 4.85. The van der Waals surface area contributed by atoms with E-state index in [1.54, 1.807) is 7.11 Å². The number of ether oxygens (including phenoxy) is 1. The van der Waals surface area contributed by atoms with Gasteiger partial charge in [-0.05, 0) is 37.1 Å². The Labute approximate surface area is 104 Å². The largest absolute Gasteiger partial charge is 0.383 e. The van der Waals surface area contributed by atoms with Crippen molar-refractivity contribution < 1.29 is 4.74 Å². The molecule has 1 aromatic carbocycles. The van der Waals surface area contributed by atoms with Crippen molar-refractivity contribution in [2.75, 3.05) is 38.3 Å². The lowest BCUT2D eigenvalue weighted by Crippen LogP contribution is -2.53. The molecule has 1 unspecified atom stereocenters. The molecule has 0 saturated carbocycles. The fourth-order valence-electron chi connectivity index (χ4n) is 2.56. The van der Waals surface area contributed by atoms with Crippen LogP contribution in [0.5, 0.6) is 0 Å². The molecule has 1 aliphatic heterocycles. The molecule has 0 spiro atoms. The predicted molar refractivity (Wildman–Crippen MR) is 71.8 cm³/mol. The summed E-state index contributed by atoms with van der Waals surface area (Å²) in [7, 11) is 1.77. The van der Waals surface area contributed by atoms with E-state index in [-0.39, 0.29) is 0 Å². The number of benzene rings is 1. The van der Waals surface area contributed by atoms with Gasteiger partial charge in [-0.3, -0.25) is 0 Å². The molecule has 1 N–H and O–H groups in total. The van der Waals surface area contributed by atoms with Gasteiger partial charge >= 0.3 is 0 Å². The van der Waals surface area contributed by atoms with Gasteiger partial charge < -0.3 is 15.0 Å². The minimum Gasteiger partial charge on any atom is -0.383 e. The summed E-state index contributed by atoms with van der Waals surface area (Å²) in [5.41, 5.74) is 3.98. The summed E-state index contributed by atoms with van der Waals surface area (Å²) >= 11 is 0. The maximum Gasteiger partial charge on any atom is 0.0678 e. The Bertz CT molecular complexity index is 356. The van der Waals surface area contributed by atoms with Gasteiger partial charge in [0.25, 0.3) is 0 Å². The maximum atomic E-state index is 5.31. The Morgan fingerprint density at radius 3 is 2.65 bits per heavy atom. The van der Waals surface area contributed by atoms with Crippen molar-refractivity contribution in [1.29, 1.82) is 0 Å². The predicted octanol–water partition coefficient (Wildman–Crippen LogP) is 1.73. The average molecular weight is 234 g/mol. The molecule has 0 amide bonds. The van der Waals surface area contributed by atoms with Crippen LogP contribution in [0.3, 0.4) is 0 Å². The molecule has 0 aromatic heterocycles. The van der Waals surface area contributed by atoms with Crippen LogP contribution in [0, 0.1) is 13.8 Å². The van der Waals surface area contributed by atoms with Crippen LogP contribution >= 0.6 is 0 Å². The zero-order valence-corrected chi connectivity index (χ0v) is 11.0. The van der Waals surface area contributed by atoms with Crippen molar-refractivity contribution in [3.05, 3.63) is 29.3 Å². The van der Waals surface area contributed by atoms with Crippen molar-refractivity contribution >= 4 is 5.69 Å². The molecule has 0 bridgehead atoms. The molecule has 3 nitrogen and oxygen atoms in total. The van der Waals surface area contributed by atoms with E-state index < -0.39 is 0 Å². The van der Waals surface area contributed by atoms with Gasteiger partial charge in [-0.15, -0.1) is 0 Å². The first-order valence-electron chi connectivity index (χ1n) is 6.25. The third-order valence-corrected chi connectivity index (χ3v) is 3.25. The highest BCUT2D eigenvalue weighted by atomic mass is 16.5. The molecule has 1 saturated heterocycles. The quantitative estimate of drug-likeness (QED) is 0.862. The number of hydrogen-bond acceptors (Lipinski definition) is 3. The molecule has 3 heteroatoms. The van der Waals surface area contributed by atoms with E-state index >= 15 is 0 Å². The molecule has 1 aromatic rings. The van der Waals surface area contributed by atoms with Crippen molar-refractivity contribution in [1.82, 2.24) is 5.32 Å². The molecule has 1 aliphatic rings. The monoisotopic (exact) mass is 234 g/mol. The summed E-state index contributed by atoms with van der Waals surface area (Å²) in [6, 6.07) is 7.19. The standard InChI is InChI=1S/C14H22N2O/c1-11-6-12(2)8-13(7-11)16-5-4-15-9-14(16)10-17-3/h6-8,14-15H,4-5,9-10H2,1-3H3. The van der Waals surface area contributed by atoms with Gasteiger partial charge in [0, 0.05) is 32.4 Å². The fourth-order valence-corrected chi connectivity index (χ4v) is 2.56. The number of anilines is 1. The third kappa shape index (κ3) is 2.99. The van der Waals surface area contributed by atoms with Crippen molar-refractivity contribution in [2.45, 2.75) is 19.9 Å². The van der Waals surface area contributed by atoms with Crippen molar-refractivity contribution in [2.24, 2.45) is 0 Å². The first-order chi connectivity index (χ1) is 8.20. The van der Waals surface area contributed by atoms with Crippen LogP contribution in [0.1, 0.15) is 11.1 Å². The second-order valence-electron chi connectivity index (χ2n) is 4.85. The second kappa shape index (κ2) is 5.52. The highest BCUT2D eigenvalue weighted by Gasteiger charge is 2.22. The molecule has 1 fully saturated rings. The van der Waals surface area contributed by atoms with Crippen LogP contribution in [0.15, 0.2) is 18.2 Å². The van der Waals surface area contributed by atoms with Crippen LogP contribution in [0.4, 0.5) is 5.69 Å². The fraction of sp³-hybridized carbons (Fsp3) is 0.571. The lowest BCUT2D eigenvalue weighted by atomic mass is 10.1. The Kier molecular flexibility index (Phi) is 4.02. The minimum atomic E-state index is 0.440. The van der Waals surface area contributed by atoms with Crippen molar-refractivity contribution in [3.63, 3.8) is 0 Å². The van der Waals surface area contributed by atoms with Gasteiger partial charge in [0.1, 0.15) is 0 Å². The number of nitrogens with zero attached hydrogens (tertiary/aromatic N) is 1. The van der Waals surface area contributed by atoms with Gasteiger partial charge in [-0.25, -0.2) is 0 Å². The number of methoxy groups -OCH3 is 1. The molecule has 17 heavy (non-hydrogen) atoms. The Hall–Kier alpha value is -1.06. The van der Waals surface area contributed by atoms with Crippen LogP contribution in [-0.2, 0) is 4.74 Å². The Morgan fingerprint density at radius 2 is 2.00 bits per heavy atom. The molecule has 0 radical (unpaired) electrons. The summed E-state index contributed by atoms with van der Waals surface area (Å²) in [5.74, 6) is 0. The van der Waals surface area contributed by atoms with Crippen LogP contribution in [0.2, 0.25) is 0 Å². The molecule has 1 atom stereocenters. The Morgan fingerprint density at radius 1 is 1.29 bits per heavy atom. The van der Waals surface area contributed by atoms with E-state index in [2.05, 4.69) is 42.3 Å². The molecular formula is C14H22N2O. The maximum absolute atomic E-state index is 5.31. The normalized spacial score (nSPS) is 20.6. The minimum absolute atomic E-state index is 0.440. The molecule has 2 rings (SSSR count).